The number of halogens is 4. The van der Waals surface area contributed by atoms with Crippen LogP contribution in [0.4, 0.5) is 33.7 Å². The standard InChI is InChI=1S/C34H37F4N3O4/c1-4-5-6-19-45-33(44)40-24-16-13-23(14-17-24)30-26(31(42)39-25-15-12-21(2)27(20-25)34(36,37)38)10-8-18-41(30)32(43)29-22(3)9-7-11-28(29)35/h7,9,11-17,20,26,30H,4-6,8,10,18-19H2,1-3H3,(H,39,42)(H,40,44)/t26-,30-/m0/s1. The number of carbonyl (C=O) groups excluding carboxylic acids is 3. The molecule has 0 spiro atoms. The molecule has 45 heavy (non-hydrogen) atoms. The maximum atomic E-state index is 14.9. The van der Waals surface area contributed by atoms with E-state index in [9.17, 15) is 31.9 Å². The molecule has 7 nitrogen and oxygen atoms in total. The molecule has 3 aromatic carbocycles. The Labute approximate surface area is 259 Å². The Morgan fingerprint density at radius 1 is 0.933 bits per heavy atom. The molecule has 240 valence electrons. The van der Waals surface area contributed by atoms with Gasteiger partial charge in [0.1, 0.15) is 5.82 Å². The van der Waals surface area contributed by atoms with Crippen LogP contribution in [0, 0.1) is 25.6 Å². The Morgan fingerprint density at radius 2 is 1.64 bits per heavy atom. The van der Waals surface area contributed by atoms with Crippen LogP contribution in [0.1, 0.15) is 77.7 Å². The van der Waals surface area contributed by atoms with Gasteiger partial charge in [-0.2, -0.15) is 13.2 Å². The summed E-state index contributed by atoms with van der Waals surface area (Å²) < 4.78 is 60.8. The third kappa shape index (κ3) is 8.20. The van der Waals surface area contributed by atoms with Crippen LogP contribution in [0.3, 0.4) is 0 Å². The Balaban J connectivity index is 1.64. The summed E-state index contributed by atoms with van der Waals surface area (Å²) >= 11 is 0. The number of benzene rings is 3. The fourth-order valence-corrected chi connectivity index (χ4v) is 5.63. The lowest BCUT2D eigenvalue weighted by Crippen LogP contribution is -2.46. The number of aryl methyl sites for hydroxylation is 2. The highest BCUT2D eigenvalue weighted by atomic mass is 19.4. The second-order valence-electron chi connectivity index (χ2n) is 11.2. The van der Waals surface area contributed by atoms with Crippen LogP contribution in [-0.2, 0) is 15.7 Å². The van der Waals surface area contributed by atoms with Crippen molar-refractivity contribution in [2.24, 2.45) is 5.92 Å². The number of nitrogens with zero attached hydrogens (tertiary/aromatic N) is 1. The smallest absolute Gasteiger partial charge is 0.416 e. The van der Waals surface area contributed by atoms with E-state index in [0.717, 1.165) is 25.3 Å². The summed E-state index contributed by atoms with van der Waals surface area (Å²) in [6.45, 7) is 5.52. The van der Waals surface area contributed by atoms with E-state index in [0.29, 0.717) is 29.7 Å². The maximum Gasteiger partial charge on any atom is 0.416 e. The number of carbonyl (C=O) groups is 3. The van der Waals surface area contributed by atoms with Crippen LogP contribution in [-0.4, -0.2) is 36.0 Å². The monoisotopic (exact) mass is 627 g/mol. The molecule has 1 fully saturated rings. The molecule has 1 aliphatic rings. The van der Waals surface area contributed by atoms with Gasteiger partial charge in [0.25, 0.3) is 5.91 Å². The average molecular weight is 628 g/mol. The normalized spacial score (nSPS) is 16.6. The summed E-state index contributed by atoms with van der Waals surface area (Å²) in [5, 5.41) is 5.26. The molecule has 1 saturated heterocycles. The lowest BCUT2D eigenvalue weighted by molar-refractivity contribution is -0.138. The van der Waals surface area contributed by atoms with Gasteiger partial charge in [0, 0.05) is 17.9 Å². The van der Waals surface area contributed by atoms with Gasteiger partial charge in [0.2, 0.25) is 5.91 Å². The number of likely N-dealkylation sites (tertiary alicyclic amines) is 1. The minimum absolute atomic E-state index is 0.0200. The van der Waals surface area contributed by atoms with E-state index in [1.807, 2.05) is 6.92 Å². The van der Waals surface area contributed by atoms with Crippen LogP contribution < -0.4 is 10.6 Å². The maximum absolute atomic E-state index is 14.9. The van der Waals surface area contributed by atoms with E-state index in [1.54, 1.807) is 37.3 Å². The Hall–Kier alpha value is -4.41. The minimum Gasteiger partial charge on any atom is -0.449 e. The topological polar surface area (TPSA) is 87.7 Å². The highest BCUT2D eigenvalue weighted by molar-refractivity contribution is 5.98. The molecular formula is C34H37F4N3O4. The summed E-state index contributed by atoms with van der Waals surface area (Å²) in [5.74, 6) is -2.73. The molecule has 0 bridgehead atoms. The molecule has 4 rings (SSSR count). The predicted octanol–water partition coefficient (Wildman–Crippen LogP) is 8.43. The fraction of sp³-hybridized carbons (Fsp3) is 0.382. The molecule has 0 radical (unpaired) electrons. The summed E-state index contributed by atoms with van der Waals surface area (Å²) in [6.07, 6.45) is -1.79. The number of ether oxygens (including phenoxy) is 1. The summed E-state index contributed by atoms with van der Waals surface area (Å²) in [7, 11) is 0. The molecule has 3 aromatic rings. The first-order valence-corrected chi connectivity index (χ1v) is 15.0. The van der Waals surface area contributed by atoms with Gasteiger partial charge in [-0.25, -0.2) is 9.18 Å². The number of anilines is 2. The first kappa shape index (κ1) is 33.5. The van der Waals surface area contributed by atoms with Crippen LogP contribution in [0.25, 0.3) is 0 Å². The van der Waals surface area contributed by atoms with Crippen molar-refractivity contribution in [3.05, 3.63) is 94.3 Å². The number of piperidine rings is 1. The molecule has 1 aliphatic heterocycles. The molecule has 2 N–H and O–H groups in total. The lowest BCUT2D eigenvalue weighted by atomic mass is 9.83. The first-order chi connectivity index (χ1) is 21.4. The van der Waals surface area contributed by atoms with Crippen LogP contribution in [0.5, 0.6) is 0 Å². The Kier molecular flexibility index (Phi) is 10.8. The second-order valence-corrected chi connectivity index (χ2v) is 11.2. The van der Waals surface area contributed by atoms with Crippen molar-refractivity contribution in [2.75, 3.05) is 23.8 Å². The molecule has 0 aliphatic carbocycles. The van der Waals surface area contributed by atoms with Crippen LogP contribution >= 0.6 is 0 Å². The Bertz CT molecular complexity index is 1500. The van der Waals surface area contributed by atoms with E-state index in [4.69, 9.17) is 4.74 Å². The Morgan fingerprint density at radius 3 is 2.31 bits per heavy atom. The molecular weight excluding hydrogens is 590 g/mol. The van der Waals surface area contributed by atoms with Gasteiger partial charge in [0.15, 0.2) is 0 Å². The highest BCUT2D eigenvalue weighted by Crippen LogP contribution is 2.39. The summed E-state index contributed by atoms with van der Waals surface area (Å²) in [4.78, 5) is 41.2. The van der Waals surface area contributed by atoms with Gasteiger partial charge < -0.3 is 15.0 Å². The van der Waals surface area contributed by atoms with Gasteiger partial charge in [-0.05, 0) is 80.1 Å². The zero-order valence-corrected chi connectivity index (χ0v) is 25.5. The number of unbranched alkanes of at least 4 members (excludes halogenated alkanes) is 2. The zero-order valence-electron chi connectivity index (χ0n) is 25.5. The third-order valence-corrected chi connectivity index (χ3v) is 7.95. The van der Waals surface area contributed by atoms with Gasteiger partial charge in [-0.1, -0.05) is 50.1 Å². The van der Waals surface area contributed by atoms with Gasteiger partial charge in [0.05, 0.1) is 29.7 Å². The average Bonchev–Trinajstić information content (AvgIpc) is 2.99. The molecule has 0 saturated carbocycles. The fourth-order valence-electron chi connectivity index (χ4n) is 5.63. The SMILES string of the molecule is CCCCCOC(=O)Nc1ccc([C@H]2[C@@H](C(=O)Nc3ccc(C)c(C(F)(F)F)c3)CCCN2C(=O)c2c(C)cccc2F)cc1. The van der Waals surface area contributed by atoms with Crippen molar-refractivity contribution < 1.29 is 36.7 Å². The van der Waals surface area contributed by atoms with E-state index in [-0.39, 0.29) is 30.0 Å². The number of nitrogens with one attached hydrogen (secondary N) is 2. The van der Waals surface area contributed by atoms with E-state index < -0.39 is 47.4 Å². The van der Waals surface area contributed by atoms with Crippen molar-refractivity contribution in [3.63, 3.8) is 0 Å². The number of alkyl halides is 3. The lowest BCUT2D eigenvalue weighted by Gasteiger charge is -2.41. The quantitative estimate of drug-likeness (QED) is 0.184. The van der Waals surface area contributed by atoms with Crippen molar-refractivity contribution in [2.45, 2.75) is 65.1 Å². The molecule has 0 aromatic heterocycles. The van der Waals surface area contributed by atoms with Crippen molar-refractivity contribution >= 4 is 29.3 Å². The largest absolute Gasteiger partial charge is 0.449 e. The predicted molar refractivity (Wildman–Crippen MR) is 163 cm³/mol. The van der Waals surface area contributed by atoms with Gasteiger partial charge >= 0.3 is 12.3 Å². The summed E-state index contributed by atoms with van der Waals surface area (Å²) in [6, 6.07) is 13.6. The van der Waals surface area contributed by atoms with Crippen LogP contribution in [0.15, 0.2) is 60.7 Å². The number of amides is 3. The third-order valence-electron chi connectivity index (χ3n) is 7.95. The number of hydrogen-bond acceptors (Lipinski definition) is 4. The van der Waals surface area contributed by atoms with Gasteiger partial charge in [-0.3, -0.25) is 14.9 Å². The van der Waals surface area contributed by atoms with E-state index in [1.165, 1.54) is 36.1 Å². The zero-order chi connectivity index (χ0) is 32.7. The van der Waals surface area contributed by atoms with Crippen molar-refractivity contribution in [1.29, 1.82) is 0 Å². The molecule has 0 unspecified atom stereocenters. The minimum atomic E-state index is -4.60. The molecule has 3 amide bonds. The van der Waals surface area contributed by atoms with E-state index >= 15 is 0 Å². The highest BCUT2D eigenvalue weighted by Gasteiger charge is 2.41. The van der Waals surface area contributed by atoms with Crippen LogP contribution in [0.2, 0.25) is 0 Å². The van der Waals surface area contributed by atoms with Crippen molar-refractivity contribution in [3.8, 4) is 0 Å². The molecule has 2 atom stereocenters. The number of hydrogen-bond donors (Lipinski definition) is 2. The molecule has 11 heteroatoms. The molecule has 1 heterocycles. The summed E-state index contributed by atoms with van der Waals surface area (Å²) in [5.41, 5.74) is 0.424. The van der Waals surface area contributed by atoms with E-state index in [2.05, 4.69) is 10.6 Å². The van der Waals surface area contributed by atoms with Gasteiger partial charge in [-0.15, -0.1) is 0 Å². The second kappa shape index (κ2) is 14.6. The number of rotatable bonds is 9. The first-order valence-electron chi connectivity index (χ1n) is 15.0. The van der Waals surface area contributed by atoms with Crippen molar-refractivity contribution in [1.82, 2.24) is 4.90 Å².